The summed E-state index contributed by atoms with van der Waals surface area (Å²) in [4.78, 5) is 8.04. The van der Waals surface area contributed by atoms with Crippen molar-refractivity contribution in [3.05, 3.63) is 47.0 Å². The van der Waals surface area contributed by atoms with Gasteiger partial charge < -0.3 is 24.3 Å². The summed E-state index contributed by atoms with van der Waals surface area (Å²) in [6.07, 6.45) is 3.03. The fourth-order valence-electron chi connectivity index (χ4n) is 4.64. The maximum atomic E-state index is 9.65. The third-order valence-electron chi connectivity index (χ3n) is 6.66. The largest absolute Gasteiger partial charge is 0.470 e. The zero-order valence-electron chi connectivity index (χ0n) is 16.4. The molecule has 2 aromatic heterocycles. The van der Waals surface area contributed by atoms with Crippen molar-refractivity contribution in [1.82, 2.24) is 9.97 Å². The van der Waals surface area contributed by atoms with Crippen molar-refractivity contribution in [3.8, 4) is 17.1 Å². The van der Waals surface area contributed by atoms with Gasteiger partial charge in [0.2, 0.25) is 0 Å². The molecule has 2 saturated heterocycles. The Balaban J connectivity index is 1.27. The number of nitrogens with zero attached hydrogens (tertiary/aromatic N) is 1. The molecule has 0 radical (unpaired) electrons. The summed E-state index contributed by atoms with van der Waals surface area (Å²) >= 11 is 6.56. The van der Waals surface area contributed by atoms with Crippen LogP contribution in [0.25, 0.3) is 22.3 Å². The number of aliphatic hydroxyl groups is 1. The van der Waals surface area contributed by atoms with Crippen LogP contribution >= 0.6 is 11.6 Å². The molecule has 4 heterocycles. The maximum Gasteiger partial charge on any atom is 0.193 e. The van der Waals surface area contributed by atoms with Gasteiger partial charge in [-0.2, -0.15) is 0 Å². The fraction of sp³-hybridized carbons (Fsp3) is 0.435. The van der Waals surface area contributed by atoms with E-state index in [1.807, 2.05) is 24.3 Å². The average Bonchev–Trinajstić information content (AvgIpc) is 3.06. The molecule has 2 aliphatic heterocycles. The number of aliphatic hydroxyl groups excluding tert-OH is 1. The van der Waals surface area contributed by atoms with Crippen LogP contribution in [0.4, 0.5) is 0 Å². The van der Waals surface area contributed by atoms with E-state index in [9.17, 15) is 5.11 Å². The number of halogens is 1. The Morgan fingerprint density at radius 2 is 2.03 bits per heavy atom. The highest BCUT2D eigenvalue weighted by atomic mass is 35.5. The molecule has 3 atom stereocenters. The number of benzene rings is 1. The molecule has 2 N–H and O–H groups in total. The van der Waals surface area contributed by atoms with Crippen molar-refractivity contribution in [2.24, 2.45) is 0 Å². The van der Waals surface area contributed by atoms with Crippen molar-refractivity contribution in [2.75, 3.05) is 19.8 Å². The third-order valence-corrected chi connectivity index (χ3v) is 6.94. The van der Waals surface area contributed by atoms with Gasteiger partial charge in [0.05, 0.1) is 41.1 Å². The predicted octanol–water partition coefficient (Wildman–Crippen LogP) is 3.84. The Morgan fingerprint density at radius 1 is 1.20 bits per heavy atom. The van der Waals surface area contributed by atoms with Crippen LogP contribution in [-0.4, -0.2) is 53.2 Å². The Morgan fingerprint density at radius 3 is 2.80 bits per heavy atom. The van der Waals surface area contributed by atoms with Crippen molar-refractivity contribution < 1.29 is 19.3 Å². The molecule has 1 aliphatic carbocycles. The Labute approximate surface area is 179 Å². The van der Waals surface area contributed by atoms with E-state index in [0.717, 1.165) is 48.2 Å². The third kappa shape index (κ3) is 3.02. The second-order valence-corrected chi connectivity index (χ2v) is 8.96. The van der Waals surface area contributed by atoms with Crippen LogP contribution in [0.5, 0.6) is 5.88 Å². The van der Waals surface area contributed by atoms with Gasteiger partial charge in [0.1, 0.15) is 6.10 Å². The van der Waals surface area contributed by atoms with E-state index in [1.54, 1.807) is 0 Å². The topological polar surface area (TPSA) is 76.6 Å². The summed E-state index contributed by atoms with van der Waals surface area (Å²) in [6, 6.07) is 12.0. The first-order valence-electron chi connectivity index (χ1n) is 10.5. The van der Waals surface area contributed by atoms with E-state index in [2.05, 4.69) is 17.1 Å². The van der Waals surface area contributed by atoms with Crippen molar-refractivity contribution in [2.45, 2.75) is 43.0 Å². The molecule has 7 heteroatoms. The molecule has 0 spiro atoms. The standard InChI is InChI=1S/C23H23ClN2O4/c24-15-9-16-17(10-20(25-16)30-19-11-29-18-5-8-28-22(18)19)26-21(15)13-1-3-14(4-2-13)23(12-27)6-7-23/h1-4,9-10,18-19,22,25,27H,5-8,11-12H2/t18?,19-,22+/m1/s1. The normalized spacial score (nSPS) is 26.8. The quantitative estimate of drug-likeness (QED) is 0.648. The zero-order valence-corrected chi connectivity index (χ0v) is 17.2. The monoisotopic (exact) mass is 426 g/mol. The van der Waals surface area contributed by atoms with E-state index in [4.69, 9.17) is 30.8 Å². The lowest BCUT2D eigenvalue weighted by molar-refractivity contribution is 0.0292. The SMILES string of the molecule is OCC1(c2ccc(-c3nc4cc(O[C@@H]5COC6CCO[C@@H]65)[nH]c4cc3Cl)cc2)CC1. The summed E-state index contributed by atoms with van der Waals surface area (Å²) in [6.45, 7) is 1.45. The molecular formula is C23H23ClN2O4. The Kier molecular flexibility index (Phi) is 4.32. The lowest BCUT2D eigenvalue weighted by Gasteiger charge is -2.16. The summed E-state index contributed by atoms with van der Waals surface area (Å²) in [7, 11) is 0. The van der Waals surface area contributed by atoms with Gasteiger partial charge in [-0.05, 0) is 30.9 Å². The molecule has 1 aromatic carbocycles. The van der Waals surface area contributed by atoms with Gasteiger partial charge in [0.25, 0.3) is 0 Å². The summed E-state index contributed by atoms with van der Waals surface area (Å²) in [5.41, 5.74) is 4.45. The lowest BCUT2D eigenvalue weighted by Crippen LogP contribution is -2.32. The number of ether oxygens (including phenoxy) is 3. The molecule has 0 amide bonds. The molecule has 30 heavy (non-hydrogen) atoms. The predicted molar refractivity (Wildman–Crippen MR) is 113 cm³/mol. The average molecular weight is 427 g/mol. The molecule has 0 bridgehead atoms. The van der Waals surface area contributed by atoms with Crippen LogP contribution in [0.3, 0.4) is 0 Å². The number of aromatic amines is 1. The van der Waals surface area contributed by atoms with Gasteiger partial charge in [0, 0.05) is 23.7 Å². The van der Waals surface area contributed by atoms with E-state index in [1.165, 1.54) is 5.56 Å². The molecule has 6 nitrogen and oxygen atoms in total. The van der Waals surface area contributed by atoms with E-state index < -0.39 is 0 Å². The summed E-state index contributed by atoms with van der Waals surface area (Å²) in [5.74, 6) is 0.643. The van der Waals surface area contributed by atoms with Crippen molar-refractivity contribution >= 4 is 22.6 Å². The number of aromatic nitrogens is 2. The lowest BCUT2D eigenvalue weighted by atomic mass is 9.95. The fourth-order valence-corrected chi connectivity index (χ4v) is 4.90. The smallest absolute Gasteiger partial charge is 0.193 e. The number of rotatable bonds is 5. The van der Waals surface area contributed by atoms with E-state index in [-0.39, 0.29) is 30.3 Å². The van der Waals surface area contributed by atoms with Crippen molar-refractivity contribution in [3.63, 3.8) is 0 Å². The van der Waals surface area contributed by atoms with Gasteiger partial charge in [-0.25, -0.2) is 4.98 Å². The van der Waals surface area contributed by atoms with Crippen LogP contribution in [0.2, 0.25) is 5.02 Å². The van der Waals surface area contributed by atoms with Gasteiger partial charge in [-0.3, -0.25) is 0 Å². The van der Waals surface area contributed by atoms with Gasteiger partial charge in [-0.1, -0.05) is 35.9 Å². The second-order valence-electron chi connectivity index (χ2n) is 8.55. The van der Waals surface area contributed by atoms with Crippen LogP contribution in [0.15, 0.2) is 36.4 Å². The van der Waals surface area contributed by atoms with Crippen LogP contribution in [-0.2, 0) is 14.9 Å². The van der Waals surface area contributed by atoms with Gasteiger partial charge in [0.15, 0.2) is 12.0 Å². The molecule has 1 saturated carbocycles. The highest BCUT2D eigenvalue weighted by molar-refractivity contribution is 6.33. The Bertz CT molecular complexity index is 1090. The number of nitrogens with one attached hydrogen (secondary N) is 1. The number of H-pyrrole nitrogens is 1. The van der Waals surface area contributed by atoms with Gasteiger partial charge >= 0.3 is 0 Å². The Hall–Kier alpha value is -2.12. The number of pyridine rings is 1. The molecular weight excluding hydrogens is 404 g/mol. The maximum absolute atomic E-state index is 9.65. The number of fused-ring (bicyclic) bond motifs is 2. The minimum absolute atomic E-state index is 0.00397. The van der Waals surface area contributed by atoms with Crippen molar-refractivity contribution in [1.29, 1.82) is 0 Å². The zero-order chi connectivity index (χ0) is 20.3. The van der Waals surface area contributed by atoms with Crippen LogP contribution < -0.4 is 4.74 Å². The minimum atomic E-state index is -0.116. The number of hydrogen-bond donors (Lipinski definition) is 2. The molecule has 6 rings (SSSR count). The summed E-state index contributed by atoms with van der Waals surface area (Å²) < 4.78 is 17.6. The van der Waals surface area contributed by atoms with Crippen LogP contribution in [0.1, 0.15) is 24.8 Å². The molecule has 1 unspecified atom stereocenters. The number of hydrogen-bond acceptors (Lipinski definition) is 5. The minimum Gasteiger partial charge on any atom is -0.470 e. The highest BCUT2D eigenvalue weighted by Gasteiger charge is 2.44. The van der Waals surface area contributed by atoms with Crippen LogP contribution in [0, 0.1) is 0 Å². The second kappa shape index (κ2) is 6.95. The first-order chi connectivity index (χ1) is 14.6. The first-order valence-corrected chi connectivity index (χ1v) is 10.8. The summed E-state index contributed by atoms with van der Waals surface area (Å²) in [5, 5.41) is 10.2. The molecule has 156 valence electrons. The van der Waals surface area contributed by atoms with Gasteiger partial charge in [-0.15, -0.1) is 0 Å². The highest BCUT2D eigenvalue weighted by Crippen LogP contribution is 2.48. The first kappa shape index (κ1) is 18.6. The van der Waals surface area contributed by atoms with E-state index in [0.29, 0.717) is 17.5 Å². The van der Waals surface area contributed by atoms with E-state index >= 15 is 0 Å². The molecule has 3 aromatic rings. The molecule has 3 fully saturated rings. The molecule has 3 aliphatic rings.